The third kappa shape index (κ3) is 1.18. The summed E-state index contributed by atoms with van der Waals surface area (Å²) in [5, 5.41) is 1.15. The first kappa shape index (κ1) is 9.46. The molecule has 2 aromatic rings. The van der Waals surface area contributed by atoms with Gasteiger partial charge in [0, 0.05) is 11.6 Å². The Morgan fingerprint density at radius 2 is 2.00 bits per heavy atom. The van der Waals surface area contributed by atoms with Gasteiger partial charge in [-0.15, -0.1) is 0 Å². The average molecular weight is 225 g/mol. The van der Waals surface area contributed by atoms with Gasteiger partial charge in [0.1, 0.15) is 5.75 Å². The second-order valence-corrected chi connectivity index (χ2v) is 5.31. The second-order valence-electron chi connectivity index (χ2n) is 5.31. The molecule has 2 nitrogen and oxygen atoms in total. The highest BCUT2D eigenvalue weighted by molar-refractivity contribution is 5.85. The molecule has 0 radical (unpaired) electrons. The van der Waals surface area contributed by atoms with Crippen LogP contribution in [-0.2, 0) is 0 Å². The number of hydrogen-bond acceptors (Lipinski definition) is 2. The molecule has 0 amide bonds. The van der Waals surface area contributed by atoms with E-state index < -0.39 is 0 Å². The van der Waals surface area contributed by atoms with Crippen LogP contribution in [0.2, 0.25) is 0 Å². The fraction of sp³-hybridized carbons (Fsp3) is 0.400. The summed E-state index contributed by atoms with van der Waals surface area (Å²) in [6.07, 6.45) is 4.71. The lowest BCUT2D eigenvalue weighted by molar-refractivity contribution is -0.0231. The Labute approximate surface area is 101 Å². The number of aromatic nitrogens is 1. The molecule has 0 saturated heterocycles. The smallest absolute Gasteiger partial charge is 0.129 e. The minimum Gasteiger partial charge on any atom is -0.496 e. The van der Waals surface area contributed by atoms with Crippen molar-refractivity contribution >= 4 is 10.9 Å². The van der Waals surface area contributed by atoms with E-state index in [-0.39, 0.29) is 0 Å². The monoisotopic (exact) mass is 225 g/mol. The maximum Gasteiger partial charge on any atom is 0.129 e. The van der Waals surface area contributed by atoms with Crippen molar-refractivity contribution in [3.8, 4) is 5.75 Å². The molecule has 1 aromatic heterocycles. The molecule has 0 aliphatic heterocycles. The Kier molecular flexibility index (Phi) is 1.79. The van der Waals surface area contributed by atoms with Crippen molar-refractivity contribution in [2.45, 2.75) is 18.8 Å². The van der Waals surface area contributed by atoms with Crippen molar-refractivity contribution in [3.05, 3.63) is 36.0 Å². The Morgan fingerprint density at radius 3 is 2.65 bits per heavy atom. The number of pyridine rings is 1. The van der Waals surface area contributed by atoms with E-state index >= 15 is 0 Å². The topological polar surface area (TPSA) is 22.1 Å². The minimum atomic E-state index is 0.823. The third-order valence-corrected chi connectivity index (χ3v) is 4.56. The molecule has 2 bridgehead atoms. The number of benzene rings is 1. The summed E-state index contributed by atoms with van der Waals surface area (Å²) in [7, 11) is 1.72. The van der Waals surface area contributed by atoms with Gasteiger partial charge >= 0.3 is 0 Å². The van der Waals surface area contributed by atoms with Gasteiger partial charge in [-0.2, -0.15) is 0 Å². The molecule has 2 heteroatoms. The highest BCUT2D eigenvalue weighted by atomic mass is 16.5. The summed E-state index contributed by atoms with van der Waals surface area (Å²) in [5.41, 5.74) is 2.51. The first-order valence-corrected chi connectivity index (χ1v) is 6.29. The first-order chi connectivity index (χ1) is 8.36. The van der Waals surface area contributed by atoms with Gasteiger partial charge < -0.3 is 4.74 Å². The fourth-order valence-corrected chi connectivity index (χ4v) is 3.36. The number of hydrogen-bond donors (Lipinski definition) is 0. The highest BCUT2D eigenvalue weighted by Crippen LogP contribution is 2.63. The Hall–Kier alpha value is -1.57. The van der Waals surface area contributed by atoms with Crippen molar-refractivity contribution in [2.75, 3.05) is 7.11 Å². The van der Waals surface area contributed by atoms with Crippen LogP contribution >= 0.6 is 0 Å². The van der Waals surface area contributed by atoms with Gasteiger partial charge in [0.05, 0.1) is 12.6 Å². The van der Waals surface area contributed by atoms with Crippen LogP contribution in [0.5, 0.6) is 5.75 Å². The number of nitrogens with zero attached hydrogens (tertiary/aromatic N) is 1. The summed E-state index contributed by atoms with van der Waals surface area (Å²) in [6.45, 7) is 0. The van der Waals surface area contributed by atoms with Crippen molar-refractivity contribution in [2.24, 2.45) is 11.8 Å². The zero-order valence-electron chi connectivity index (χ0n) is 9.89. The van der Waals surface area contributed by atoms with Crippen LogP contribution in [0.1, 0.15) is 24.3 Å². The zero-order valence-corrected chi connectivity index (χ0v) is 9.89. The largest absolute Gasteiger partial charge is 0.496 e. The molecule has 3 saturated carbocycles. The summed E-state index contributed by atoms with van der Waals surface area (Å²) in [4.78, 5) is 4.38. The molecule has 3 fully saturated rings. The number of methoxy groups -OCH3 is 1. The molecule has 5 rings (SSSR count). The SMILES string of the molecule is COc1ccnc2ccc(C3C4CC3C4)cc12. The van der Waals surface area contributed by atoms with Crippen LogP contribution in [0, 0.1) is 11.8 Å². The second kappa shape index (κ2) is 3.22. The normalized spacial score (nSPS) is 29.6. The quantitative estimate of drug-likeness (QED) is 0.781. The van der Waals surface area contributed by atoms with Crippen molar-refractivity contribution in [3.63, 3.8) is 0 Å². The molecular formula is C15H15NO. The van der Waals surface area contributed by atoms with E-state index in [0.29, 0.717) is 0 Å². The molecule has 0 N–H and O–H groups in total. The van der Waals surface area contributed by atoms with Crippen molar-refractivity contribution in [1.82, 2.24) is 4.98 Å². The zero-order chi connectivity index (χ0) is 11.4. The Morgan fingerprint density at radius 1 is 1.18 bits per heavy atom. The van der Waals surface area contributed by atoms with Crippen LogP contribution < -0.4 is 4.74 Å². The molecule has 0 atom stereocenters. The maximum absolute atomic E-state index is 5.41. The molecule has 0 spiro atoms. The van der Waals surface area contributed by atoms with Crippen LogP contribution in [0.15, 0.2) is 30.5 Å². The molecule has 86 valence electrons. The fourth-order valence-electron chi connectivity index (χ4n) is 3.36. The first-order valence-electron chi connectivity index (χ1n) is 6.29. The van der Waals surface area contributed by atoms with Gasteiger partial charge in [-0.25, -0.2) is 0 Å². The van der Waals surface area contributed by atoms with Gasteiger partial charge in [-0.1, -0.05) is 6.07 Å². The lowest BCUT2D eigenvalue weighted by atomic mass is 9.46. The van der Waals surface area contributed by atoms with Gasteiger partial charge in [0.2, 0.25) is 0 Å². The molecule has 3 aliphatic rings. The van der Waals surface area contributed by atoms with Crippen LogP contribution in [0.25, 0.3) is 10.9 Å². The van der Waals surface area contributed by atoms with Gasteiger partial charge in [0.15, 0.2) is 0 Å². The molecular weight excluding hydrogens is 210 g/mol. The van der Waals surface area contributed by atoms with Crippen LogP contribution in [-0.4, -0.2) is 12.1 Å². The van der Waals surface area contributed by atoms with E-state index in [0.717, 1.165) is 34.4 Å². The van der Waals surface area contributed by atoms with Crippen LogP contribution in [0.3, 0.4) is 0 Å². The third-order valence-electron chi connectivity index (χ3n) is 4.56. The van der Waals surface area contributed by atoms with E-state index in [9.17, 15) is 0 Å². The number of fused-ring (bicyclic) bond motifs is 1. The Balaban J connectivity index is 1.84. The molecule has 1 aromatic carbocycles. The maximum atomic E-state index is 5.41. The van der Waals surface area contributed by atoms with E-state index in [1.807, 2.05) is 12.3 Å². The summed E-state index contributed by atoms with van der Waals surface area (Å²) in [6, 6.07) is 8.60. The highest BCUT2D eigenvalue weighted by Gasteiger charge is 2.52. The standard InChI is InChI=1S/C15H15NO/c1-17-14-4-5-16-13-3-2-9(8-12(13)14)15-10-6-11(15)7-10/h2-5,8,10-11,15H,6-7H2,1H3. The average Bonchev–Trinajstić information content (AvgIpc) is 2.24. The van der Waals surface area contributed by atoms with E-state index in [1.165, 1.54) is 18.4 Å². The Bertz CT molecular complexity index is 578. The molecule has 1 heterocycles. The van der Waals surface area contributed by atoms with Crippen LogP contribution in [0.4, 0.5) is 0 Å². The van der Waals surface area contributed by atoms with Crippen molar-refractivity contribution < 1.29 is 4.74 Å². The van der Waals surface area contributed by atoms with E-state index in [2.05, 4.69) is 23.2 Å². The molecule has 0 unspecified atom stereocenters. The lowest BCUT2D eigenvalue weighted by Crippen LogP contribution is -2.48. The number of rotatable bonds is 2. The predicted octanol–water partition coefficient (Wildman–Crippen LogP) is 3.37. The summed E-state index contributed by atoms with van der Waals surface area (Å²) >= 11 is 0. The minimum absolute atomic E-state index is 0.823. The van der Waals surface area contributed by atoms with Gasteiger partial charge in [-0.3, -0.25) is 4.98 Å². The van der Waals surface area contributed by atoms with Gasteiger partial charge in [-0.05, 0) is 54.4 Å². The summed E-state index contributed by atoms with van der Waals surface area (Å²) < 4.78 is 5.41. The van der Waals surface area contributed by atoms with Gasteiger partial charge in [0.25, 0.3) is 0 Å². The van der Waals surface area contributed by atoms with E-state index in [1.54, 1.807) is 7.11 Å². The molecule has 17 heavy (non-hydrogen) atoms. The molecule has 3 aliphatic carbocycles. The number of ether oxygens (including phenoxy) is 1. The predicted molar refractivity (Wildman–Crippen MR) is 67.3 cm³/mol. The van der Waals surface area contributed by atoms with E-state index in [4.69, 9.17) is 4.74 Å². The lowest BCUT2D eigenvalue weighted by Gasteiger charge is -2.58. The van der Waals surface area contributed by atoms with Crippen molar-refractivity contribution in [1.29, 1.82) is 0 Å². The summed E-state index contributed by atoms with van der Waals surface area (Å²) in [5.74, 6) is 3.68.